The minimum Gasteiger partial charge on any atom is -0.497 e. The molecular formula is C19H23NO. The van der Waals surface area contributed by atoms with Crippen molar-refractivity contribution < 1.29 is 4.74 Å². The van der Waals surface area contributed by atoms with Crippen LogP contribution in [0.2, 0.25) is 0 Å². The zero-order valence-corrected chi connectivity index (χ0v) is 13.0. The number of hydrogen-bond donors (Lipinski definition) is 1. The third-order valence-corrected chi connectivity index (χ3v) is 3.52. The van der Waals surface area contributed by atoms with Gasteiger partial charge in [0, 0.05) is 12.6 Å². The lowest BCUT2D eigenvalue weighted by molar-refractivity contribution is 0.413. The van der Waals surface area contributed by atoms with Crippen LogP contribution in [0, 0.1) is 6.92 Å². The normalized spacial score (nSPS) is 12.5. The van der Waals surface area contributed by atoms with Gasteiger partial charge in [0.15, 0.2) is 0 Å². The molecule has 0 heterocycles. The molecule has 2 aromatic rings. The molecule has 0 fully saturated rings. The first-order chi connectivity index (χ1) is 10.2. The predicted octanol–water partition coefficient (Wildman–Crippen LogP) is 4.37. The van der Waals surface area contributed by atoms with E-state index >= 15 is 0 Å². The van der Waals surface area contributed by atoms with Gasteiger partial charge in [-0.1, -0.05) is 54.1 Å². The Morgan fingerprint density at radius 3 is 2.62 bits per heavy atom. The van der Waals surface area contributed by atoms with Gasteiger partial charge in [-0.25, -0.2) is 0 Å². The number of aryl methyl sites for hydroxylation is 1. The van der Waals surface area contributed by atoms with Crippen LogP contribution in [-0.4, -0.2) is 13.7 Å². The Morgan fingerprint density at radius 2 is 1.90 bits per heavy atom. The SMILES string of the molecule is COc1cccc([C@@H](C)NCC=Cc2ccc(C)cc2)c1. The second kappa shape index (κ2) is 7.65. The zero-order valence-electron chi connectivity index (χ0n) is 13.0. The van der Waals surface area contributed by atoms with E-state index in [1.54, 1.807) is 7.11 Å². The quantitative estimate of drug-likeness (QED) is 0.849. The van der Waals surface area contributed by atoms with E-state index in [0.29, 0.717) is 6.04 Å². The van der Waals surface area contributed by atoms with E-state index in [2.05, 4.69) is 67.7 Å². The van der Waals surface area contributed by atoms with Crippen LogP contribution in [0.1, 0.15) is 29.7 Å². The molecule has 0 saturated carbocycles. The molecular weight excluding hydrogens is 258 g/mol. The fourth-order valence-corrected chi connectivity index (χ4v) is 2.15. The van der Waals surface area contributed by atoms with Gasteiger partial charge in [0.05, 0.1) is 7.11 Å². The van der Waals surface area contributed by atoms with Crippen molar-refractivity contribution in [3.05, 3.63) is 71.3 Å². The Morgan fingerprint density at radius 1 is 1.14 bits per heavy atom. The molecule has 0 aliphatic carbocycles. The summed E-state index contributed by atoms with van der Waals surface area (Å²) in [4.78, 5) is 0. The van der Waals surface area contributed by atoms with Gasteiger partial charge in [-0.3, -0.25) is 0 Å². The van der Waals surface area contributed by atoms with Crippen LogP contribution >= 0.6 is 0 Å². The number of methoxy groups -OCH3 is 1. The maximum atomic E-state index is 5.26. The van der Waals surface area contributed by atoms with E-state index in [9.17, 15) is 0 Å². The monoisotopic (exact) mass is 281 g/mol. The summed E-state index contributed by atoms with van der Waals surface area (Å²) in [6.07, 6.45) is 4.30. The lowest BCUT2D eigenvalue weighted by atomic mass is 10.1. The number of hydrogen-bond acceptors (Lipinski definition) is 2. The molecule has 0 saturated heterocycles. The summed E-state index contributed by atoms with van der Waals surface area (Å²) < 4.78 is 5.26. The first kappa shape index (κ1) is 15.3. The van der Waals surface area contributed by atoms with Gasteiger partial charge < -0.3 is 10.1 Å². The Balaban J connectivity index is 1.86. The van der Waals surface area contributed by atoms with Gasteiger partial charge >= 0.3 is 0 Å². The summed E-state index contributed by atoms with van der Waals surface area (Å²) in [7, 11) is 1.70. The molecule has 2 heteroatoms. The maximum Gasteiger partial charge on any atom is 0.119 e. The molecule has 1 atom stereocenters. The molecule has 0 spiro atoms. The van der Waals surface area contributed by atoms with Crippen LogP contribution in [0.3, 0.4) is 0 Å². The van der Waals surface area contributed by atoms with Crippen molar-refractivity contribution in [2.75, 3.05) is 13.7 Å². The van der Waals surface area contributed by atoms with E-state index < -0.39 is 0 Å². The molecule has 21 heavy (non-hydrogen) atoms. The van der Waals surface area contributed by atoms with Crippen molar-refractivity contribution in [3.8, 4) is 5.75 Å². The largest absolute Gasteiger partial charge is 0.497 e. The van der Waals surface area contributed by atoms with Crippen LogP contribution in [0.15, 0.2) is 54.6 Å². The molecule has 2 rings (SSSR count). The average Bonchev–Trinajstić information content (AvgIpc) is 2.53. The molecule has 0 radical (unpaired) electrons. The molecule has 0 bridgehead atoms. The Labute approximate surface area is 127 Å². The molecule has 110 valence electrons. The van der Waals surface area contributed by atoms with E-state index in [1.165, 1.54) is 16.7 Å². The summed E-state index contributed by atoms with van der Waals surface area (Å²) in [6.45, 7) is 5.10. The third-order valence-electron chi connectivity index (χ3n) is 3.52. The van der Waals surface area contributed by atoms with Crippen LogP contribution in [-0.2, 0) is 0 Å². The standard InChI is InChI=1S/C19H23NO/c1-15-9-11-17(12-10-15)6-5-13-20-16(2)18-7-4-8-19(14-18)21-3/h4-12,14,16,20H,13H2,1-3H3/t16-/m1/s1. The zero-order chi connectivity index (χ0) is 15.1. The summed E-state index contributed by atoms with van der Waals surface area (Å²) in [6, 6.07) is 17.0. The highest BCUT2D eigenvalue weighted by atomic mass is 16.5. The summed E-state index contributed by atoms with van der Waals surface area (Å²) in [5.41, 5.74) is 3.76. The molecule has 0 aromatic heterocycles. The lowest BCUT2D eigenvalue weighted by Crippen LogP contribution is -2.18. The molecule has 0 aliphatic rings. The van der Waals surface area contributed by atoms with Crippen LogP contribution in [0.4, 0.5) is 0 Å². The lowest BCUT2D eigenvalue weighted by Gasteiger charge is -2.13. The van der Waals surface area contributed by atoms with Crippen LogP contribution in [0.25, 0.3) is 6.08 Å². The maximum absolute atomic E-state index is 5.26. The second-order valence-corrected chi connectivity index (χ2v) is 5.22. The summed E-state index contributed by atoms with van der Waals surface area (Å²) in [5.74, 6) is 0.899. The Bertz CT molecular complexity index is 587. The third kappa shape index (κ3) is 4.76. The molecule has 2 aromatic carbocycles. The van der Waals surface area contributed by atoms with Crippen molar-refractivity contribution in [1.29, 1.82) is 0 Å². The topological polar surface area (TPSA) is 21.3 Å². The predicted molar refractivity (Wildman–Crippen MR) is 89.6 cm³/mol. The molecule has 0 aliphatic heterocycles. The Kier molecular flexibility index (Phi) is 5.59. The molecule has 0 amide bonds. The summed E-state index contributed by atoms with van der Waals surface area (Å²) in [5, 5.41) is 3.49. The first-order valence-corrected chi connectivity index (χ1v) is 7.29. The summed E-state index contributed by atoms with van der Waals surface area (Å²) >= 11 is 0. The fourth-order valence-electron chi connectivity index (χ4n) is 2.15. The van der Waals surface area contributed by atoms with Crippen molar-refractivity contribution in [3.63, 3.8) is 0 Å². The van der Waals surface area contributed by atoms with Gasteiger partial charge in [0.1, 0.15) is 5.75 Å². The van der Waals surface area contributed by atoms with Crippen molar-refractivity contribution in [2.45, 2.75) is 19.9 Å². The van der Waals surface area contributed by atoms with Gasteiger partial charge in [-0.15, -0.1) is 0 Å². The number of nitrogens with one attached hydrogen (secondary N) is 1. The molecule has 2 nitrogen and oxygen atoms in total. The first-order valence-electron chi connectivity index (χ1n) is 7.29. The van der Waals surface area contributed by atoms with Crippen LogP contribution in [0.5, 0.6) is 5.75 Å². The minimum absolute atomic E-state index is 0.294. The van der Waals surface area contributed by atoms with Crippen molar-refractivity contribution >= 4 is 6.08 Å². The van der Waals surface area contributed by atoms with E-state index in [1.807, 2.05) is 12.1 Å². The van der Waals surface area contributed by atoms with E-state index in [4.69, 9.17) is 4.74 Å². The fraction of sp³-hybridized carbons (Fsp3) is 0.263. The number of benzene rings is 2. The second-order valence-electron chi connectivity index (χ2n) is 5.22. The van der Waals surface area contributed by atoms with Gasteiger partial charge in [0.25, 0.3) is 0 Å². The van der Waals surface area contributed by atoms with Gasteiger partial charge in [0.2, 0.25) is 0 Å². The Hall–Kier alpha value is -2.06. The minimum atomic E-state index is 0.294. The highest BCUT2D eigenvalue weighted by Crippen LogP contribution is 2.18. The van der Waals surface area contributed by atoms with Crippen molar-refractivity contribution in [2.24, 2.45) is 0 Å². The van der Waals surface area contributed by atoms with Crippen molar-refractivity contribution in [1.82, 2.24) is 5.32 Å². The average molecular weight is 281 g/mol. The highest BCUT2D eigenvalue weighted by Gasteiger charge is 2.04. The van der Waals surface area contributed by atoms with Gasteiger partial charge in [-0.05, 0) is 37.1 Å². The highest BCUT2D eigenvalue weighted by molar-refractivity contribution is 5.49. The van der Waals surface area contributed by atoms with Gasteiger partial charge in [-0.2, -0.15) is 0 Å². The van der Waals surface area contributed by atoms with Crippen LogP contribution < -0.4 is 10.1 Å². The smallest absolute Gasteiger partial charge is 0.119 e. The number of ether oxygens (including phenoxy) is 1. The molecule has 1 N–H and O–H groups in total. The molecule has 0 unspecified atom stereocenters. The number of rotatable bonds is 6. The van der Waals surface area contributed by atoms with E-state index in [0.717, 1.165) is 12.3 Å². The van der Waals surface area contributed by atoms with E-state index in [-0.39, 0.29) is 0 Å².